The molecule has 2 rings (SSSR count). The lowest BCUT2D eigenvalue weighted by Gasteiger charge is -2.27. The molecule has 0 bridgehead atoms. The third-order valence-corrected chi connectivity index (χ3v) is 3.78. The van der Waals surface area contributed by atoms with E-state index in [1.54, 1.807) is 0 Å². The fourth-order valence-electron chi connectivity index (χ4n) is 2.70. The van der Waals surface area contributed by atoms with Gasteiger partial charge in [-0.1, -0.05) is 0 Å². The highest BCUT2D eigenvalue weighted by Crippen LogP contribution is 2.25. The fourth-order valence-corrected chi connectivity index (χ4v) is 2.70. The second kappa shape index (κ2) is 6.80. The zero-order chi connectivity index (χ0) is 17.1. The minimum atomic E-state index is -1.45. The predicted molar refractivity (Wildman–Crippen MR) is 72.2 cm³/mol. The number of benzene rings is 1. The smallest absolute Gasteiger partial charge is 0.326 e. The molecule has 23 heavy (non-hydrogen) atoms. The van der Waals surface area contributed by atoms with Crippen molar-refractivity contribution in [3.63, 3.8) is 0 Å². The van der Waals surface area contributed by atoms with Gasteiger partial charge in [0.25, 0.3) is 5.91 Å². The number of ketones is 1. The molecule has 1 aliphatic carbocycles. The van der Waals surface area contributed by atoms with Gasteiger partial charge in [-0.15, -0.1) is 0 Å². The molecule has 0 spiro atoms. The number of hydrogen-bond acceptors (Lipinski definition) is 3. The third kappa shape index (κ3) is 3.88. The van der Waals surface area contributed by atoms with E-state index in [2.05, 4.69) is 0 Å². The third-order valence-electron chi connectivity index (χ3n) is 3.78. The summed E-state index contributed by atoms with van der Waals surface area (Å²) in [6.45, 7) is 0. The molecule has 1 amide bonds. The number of amides is 1. The molecule has 2 N–H and O–H groups in total. The van der Waals surface area contributed by atoms with Gasteiger partial charge in [0.05, 0.1) is 0 Å². The van der Waals surface area contributed by atoms with E-state index in [-0.39, 0.29) is 12.2 Å². The Hall–Kier alpha value is -2.38. The van der Waals surface area contributed by atoms with E-state index in [0.29, 0.717) is 31.4 Å². The highest BCUT2D eigenvalue weighted by atomic mass is 19.1. The number of halogens is 3. The van der Waals surface area contributed by atoms with Gasteiger partial charge in [0.1, 0.15) is 34.8 Å². The van der Waals surface area contributed by atoms with Crippen molar-refractivity contribution in [2.75, 3.05) is 0 Å². The highest BCUT2D eigenvalue weighted by Gasteiger charge is 2.34. The summed E-state index contributed by atoms with van der Waals surface area (Å²) < 4.78 is 40.0. The highest BCUT2D eigenvalue weighted by molar-refractivity contribution is 5.97. The summed E-state index contributed by atoms with van der Waals surface area (Å²) in [5.74, 6) is -7.52. The van der Waals surface area contributed by atoms with Gasteiger partial charge >= 0.3 is 5.97 Å². The molecular formula is C15H14F3NO4. The van der Waals surface area contributed by atoms with Crippen LogP contribution in [0.25, 0.3) is 0 Å². The molecule has 1 aromatic rings. The summed E-state index contributed by atoms with van der Waals surface area (Å²) in [6, 6.07) is -0.786. The van der Waals surface area contributed by atoms with Crippen LogP contribution in [0.3, 0.4) is 0 Å². The Morgan fingerprint density at radius 2 is 1.83 bits per heavy atom. The zero-order valence-corrected chi connectivity index (χ0v) is 11.9. The predicted octanol–water partition coefficient (Wildman–Crippen LogP) is 2.05. The van der Waals surface area contributed by atoms with Crippen molar-refractivity contribution >= 4 is 17.7 Å². The summed E-state index contributed by atoms with van der Waals surface area (Å²) in [4.78, 5) is 34.7. The number of rotatable bonds is 4. The minimum Gasteiger partial charge on any atom is -0.480 e. The van der Waals surface area contributed by atoms with E-state index in [1.165, 1.54) is 0 Å². The first-order valence-corrected chi connectivity index (χ1v) is 6.99. The van der Waals surface area contributed by atoms with Crippen molar-refractivity contribution in [1.29, 1.82) is 0 Å². The van der Waals surface area contributed by atoms with Crippen LogP contribution >= 0.6 is 0 Å². The summed E-state index contributed by atoms with van der Waals surface area (Å²) >= 11 is 0. The van der Waals surface area contributed by atoms with E-state index in [4.69, 9.17) is 0 Å². The van der Waals surface area contributed by atoms with Crippen molar-refractivity contribution in [3.05, 3.63) is 35.1 Å². The SMILES string of the molecule is O=C1CCC[C@H]([C@H](NC(=O)c2c(F)cc(F)cc2F)C(=O)O)C1. The van der Waals surface area contributed by atoms with Gasteiger partial charge in [-0.25, -0.2) is 18.0 Å². The van der Waals surface area contributed by atoms with E-state index < -0.39 is 46.9 Å². The van der Waals surface area contributed by atoms with Gasteiger partial charge in [-0.2, -0.15) is 0 Å². The second-order valence-electron chi connectivity index (χ2n) is 5.43. The Labute approximate surface area is 129 Å². The van der Waals surface area contributed by atoms with Crippen molar-refractivity contribution in [3.8, 4) is 0 Å². The van der Waals surface area contributed by atoms with Crippen LogP contribution in [0.1, 0.15) is 36.0 Å². The van der Waals surface area contributed by atoms with Crippen molar-refractivity contribution in [2.24, 2.45) is 5.92 Å². The Balaban J connectivity index is 2.22. The van der Waals surface area contributed by atoms with Gasteiger partial charge in [0, 0.05) is 25.0 Å². The van der Waals surface area contributed by atoms with Crippen LogP contribution in [0, 0.1) is 23.4 Å². The molecule has 0 unspecified atom stereocenters. The molecule has 0 heterocycles. The molecule has 1 fully saturated rings. The number of aliphatic carboxylic acids is 1. The first-order valence-electron chi connectivity index (χ1n) is 6.99. The number of carboxylic acids is 1. The Bertz CT molecular complexity index is 639. The Kier molecular flexibility index (Phi) is 5.02. The van der Waals surface area contributed by atoms with Crippen LogP contribution in [0.5, 0.6) is 0 Å². The van der Waals surface area contributed by atoms with Crippen molar-refractivity contribution in [1.82, 2.24) is 5.32 Å². The lowest BCUT2D eigenvalue weighted by molar-refractivity contribution is -0.141. The average Bonchev–Trinajstić information content (AvgIpc) is 2.43. The van der Waals surface area contributed by atoms with Crippen LogP contribution in [0.15, 0.2) is 12.1 Å². The van der Waals surface area contributed by atoms with Crippen LogP contribution in [0.4, 0.5) is 13.2 Å². The number of hydrogen-bond donors (Lipinski definition) is 2. The number of carbonyl (C=O) groups is 3. The van der Waals surface area contributed by atoms with Gasteiger partial charge in [-0.05, 0) is 18.8 Å². The van der Waals surface area contributed by atoms with E-state index in [1.807, 2.05) is 5.32 Å². The molecule has 2 atom stereocenters. The lowest BCUT2D eigenvalue weighted by Crippen LogP contribution is -2.47. The average molecular weight is 329 g/mol. The lowest BCUT2D eigenvalue weighted by atomic mass is 9.83. The molecule has 8 heteroatoms. The first-order chi connectivity index (χ1) is 10.8. The second-order valence-corrected chi connectivity index (χ2v) is 5.43. The molecule has 0 aliphatic heterocycles. The summed E-state index contributed by atoms with van der Waals surface area (Å²) in [6.07, 6.45) is 1.21. The van der Waals surface area contributed by atoms with Crippen LogP contribution < -0.4 is 5.32 Å². The van der Waals surface area contributed by atoms with E-state index in [0.717, 1.165) is 0 Å². The van der Waals surface area contributed by atoms with E-state index in [9.17, 15) is 32.7 Å². The summed E-state index contributed by atoms with van der Waals surface area (Å²) in [7, 11) is 0. The van der Waals surface area contributed by atoms with E-state index >= 15 is 0 Å². The molecule has 1 aromatic carbocycles. The number of nitrogens with one attached hydrogen (secondary N) is 1. The molecule has 0 aromatic heterocycles. The number of carboxylic acid groups (broad SMARTS) is 1. The number of Topliss-reactive ketones (excluding diaryl/α,β-unsaturated/α-hetero) is 1. The standard InChI is InChI=1S/C15H14F3NO4/c16-8-5-10(17)12(11(18)6-8)14(21)19-13(15(22)23)7-2-1-3-9(20)4-7/h5-7,13H,1-4H2,(H,19,21)(H,22,23)/t7-,13-/m0/s1. The Morgan fingerprint density at radius 3 is 2.35 bits per heavy atom. The topological polar surface area (TPSA) is 83.5 Å². The minimum absolute atomic E-state index is 0.0222. The van der Waals surface area contributed by atoms with Gasteiger partial charge in [-0.3, -0.25) is 9.59 Å². The molecule has 0 saturated heterocycles. The molecule has 1 aliphatic rings. The molecule has 1 saturated carbocycles. The Morgan fingerprint density at radius 1 is 1.22 bits per heavy atom. The van der Waals surface area contributed by atoms with Gasteiger partial charge in [0.2, 0.25) is 0 Å². The maximum absolute atomic E-state index is 13.6. The fraction of sp³-hybridized carbons (Fsp3) is 0.400. The van der Waals surface area contributed by atoms with Gasteiger partial charge in [0.15, 0.2) is 0 Å². The normalized spacial score (nSPS) is 19.3. The van der Waals surface area contributed by atoms with Gasteiger partial charge < -0.3 is 10.4 Å². The molecule has 5 nitrogen and oxygen atoms in total. The molecule has 0 radical (unpaired) electrons. The van der Waals surface area contributed by atoms with Crippen molar-refractivity contribution < 1.29 is 32.7 Å². The maximum atomic E-state index is 13.6. The molecule has 124 valence electrons. The summed E-state index contributed by atoms with van der Waals surface area (Å²) in [5.41, 5.74) is -1.06. The van der Waals surface area contributed by atoms with Crippen molar-refractivity contribution in [2.45, 2.75) is 31.7 Å². The quantitative estimate of drug-likeness (QED) is 0.885. The maximum Gasteiger partial charge on any atom is 0.326 e. The molecular weight excluding hydrogens is 315 g/mol. The van der Waals surface area contributed by atoms with Crippen LogP contribution in [-0.2, 0) is 9.59 Å². The monoisotopic (exact) mass is 329 g/mol. The van der Waals surface area contributed by atoms with Crippen LogP contribution in [-0.4, -0.2) is 28.8 Å². The largest absolute Gasteiger partial charge is 0.480 e. The first kappa shape index (κ1) is 17.0. The van der Waals surface area contributed by atoms with Crippen LogP contribution in [0.2, 0.25) is 0 Å². The zero-order valence-electron chi connectivity index (χ0n) is 11.9. The summed E-state index contributed by atoms with van der Waals surface area (Å²) in [5, 5.41) is 11.2. The number of carbonyl (C=O) groups excluding carboxylic acids is 2.